The highest BCUT2D eigenvalue weighted by atomic mass is 79.9. The normalized spacial score (nSPS) is 17.3. The van der Waals surface area contributed by atoms with E-state index in [4.69, 9.17) is 5.11 Å². The van der Waals surface area contributed by atoms with Gasteiger partial charge in [-0.1, -0.05) is 22.0 Å². The van der Waals surface area contributed by atoms with Crippen molar-refractivity contribution in [1.82, 2.24) is 0 Å². The van der Waals surface area contributed by atoms with E-state index in [0.717, 1.165) is 4.47 Å². The summed E-state index contributed by atoms with van der Waals surface area (Å²) in [5.74, 6) is 0. The summed E-state index contributed by atoms with van der Waals surface area (Å²) in [7, 11) is -3.30. The Hall–Kier alpha value is -0.650. The molecule has 1 aromatic rings. The van der Waals surface area contributed by atoms with Crippen LogP contribution in [0, 0.1) is 0 Å². The molecule has 0 aliphatic carbocycles. The topological polar surface area (TPSA) is 54.4 Å². The smallest absolute Gasteiger partial charge is 0.200 e. The molecule has 1 aromatic carbocycles. The van der Waals surface area contributed by atoms with E-state index >= 15 is 0 Å². The van der Waals surface area contributed by atoms with Crippen LogP contribution in [0.2, 0.25) is 0 Å². The molecule has 2 rings (SSSR count). The number of fused-ring (bicyclic) bond motifs is 1. The molecule has 3 nitrogen and oxygen atoms in total. The SMILES string of the molecule is O=S1(=O)C=C(CCO)c2c(Br)cccc21. The monoisotopic (exact) mass is 288 g/mol. The molecule has 0 radical (unpaired) electrons. The summed E-state index contributed by atoms with van der Waals surface area (Å²) in [5.41, 5.74) is 1.35. The molecule has 0 saturated heterocycles. The third kappa shape index (κ3) is 1.75. The van der Waals surface area contributed by atoms with E-state index in [9.17, 15) is 8.42 Å². The molecule has 0 aromatic heterocycles. The fourth-order valence-corrected chi connectivity index (χ4v) is 3.95. The largest absolute Gasteiger partial charge is 0.396 e. The zero-order valence-electron chi connectivity index (χ0n) is 7.77. The number of halogens is 1. The number of aliphatic hydroxyl groups excluding tert-OH is 1. The second-order valence-electron chi connectivity index (χ2n) is 3.27. The van der Waals surface area contributed by atoms with Crippen molar-refractivity contribution in [3.05, 3.63) is 33.6 Å². The molecule has 0 amide bonds. The first kappa shape index (κ1) is 10.9. The van der Waals surface area contributed by atoms with E-state index in [1.807, 2.05) is 0 Å². The van der Waals surface area contributed by atoms with Crippen LogP contribution in [-0.4, -0.2) is 20.1 Å². The average Bonchev–Trinajstić information content (AvgIpc) is 2.41. The fraction of sp³-hybridized carbons (Fsp3) is 0.200. The number of benzene rings is 1. The van der Waals surface area contributed by atoms with Gasteiger partial charge in [-0.25, -0.2) is 8.42 Å². The van der Waals surface area contributed by atoms with Gasteiger partial charge in [0.05, 0.1) is 4.90 Å². The van der Waals surface area contributed by atoms with Gasteiger partial charge in [0.15, 0.2) is 0 Å². The standard InChI is InChI=1S/C10H9BrO3S/c11-8-2-1-3-9-10(8)7(4-5-12)6-15(9,13)14/h1-3,6,12H,4-5H2. The lowest BCUT2D eigenvalue weighted by Crippen LogP contribution is -1.93. The predicted molar refractivity (Wildman–Crippen MR) is 61.0 cm³/mol. The minimum atomic E-state index is -3.30. The second-order valence-corrected chi connectivity index (χ2v) is 5.89. The Morgan fingerprint density at radius 1 is 1.33 bits per heavy atom. The van der Waals surface area contributed by atoms with Crippen LogP contribution in [0.15, 0.2) is 33.0 Å². The Balaban J connectivity index is 2.69. The Morgan fingerprint density at radius 3 is 2.73 bits per heavy atom. The summed E-state index contributed by atoms with van der Waals surface area (Å²) in [4.78, 5) is 0.320. The van der Waals surface area contributed by atoms with E-state index in [2.05, 4.69) is 15.9 Å². The molecular formula is C10H9BrO3S. The lowest BCUT2D eigenvalue weighted by atomic mass is 10.1. The van der Waals surface area contributed by atoms with Crippen molar-refractivity contribution in [2.75, 3.05) is 6.61 Å². The van der Waals surface area contributed by atoms with Crippen molar-refractivity contribution in [1.29, 1.82) is 0 Å². The minimum absolute atomic E-state index is 0.0534. The molecule has 0 saturated carbocycles. The summed E-state index contributed by atoms with van der Waals surface area (Å²) >= 11 is 3.32. The summed E-state index contributed by atoms with van der Waals surface area (Å²) in [6.07, 6.45) is 0.356. The van der Waals surface area contributed by atoms with E-state index in [-0.39, 0.29) is 6.61 Å². The van der Waals surface area contributed by atoms with Gasteiger partial charge < -0.3 is 5.11 Å². The van der Waals surface area contributed by atoms with E-state index in [0.29, 0.717) is 22.5 Å². The predicted octanol–water partition coefficient (Wildman–Crippen LogP) is 1.96. The molecule has 0 unspecified atom stereocenters. The molecule has 5 heteroatoms. The van der Waals surface area contributed by atoms with Crippen molar-refractivity contribution in [3.63, 3.8) is 0 Å². The average molecular weight is 289 g/mol. The van der Waals surface area contributed by atoms with Gasteiger partial charge in [0.1, 0.15) is 0 Å². The molecule has 0 spiro atoms. The number of aliphatic hydroxyl groups is 1. The lowest BCUT2D eigenvalue weighted by molar-refractivity contribution is 0.305. The van der Waals surface area contributed by atoms with Gasteiger partial charge in [-0.15, -0.1) is 0 Å². The molecule has 1 N–H and O–H groups in total. The summed E-state index contributed by atoms with van der Waals surface area (Å²) < 4.78 is 24.2. The van der Waals surface area contributed by atoms with Crippen LogP contribution < -0.4 is 0 Å². The highest BCUT2D eigenvalue weighted by Crippen LogP contribution is 2.39. The Kier molecular flexibility index (Phi) is 2.70. The molecule has 0 atom stereocenters. The number of hydrogen-bond donors (Lipinski definition) is 1. The zero-order chi connectivity index (χ0) is 11.1. The third-order valence-corrected chi connectivity index (χ3v) is 4.49. The first-order chi connectivity index (χ1) is 7.06. The Morgan fingerprint density at radius 2 is 2.07 bits per heavy atom. The first-order valence-electron chi connectivity index (χ1n) is 4.41. The summed E-state index contributed by atoms with van der Waals surface area (Å²) in [5, 5.41) is 10.1. The first-order valence-corrected chi connectivity index (χ1v) is 6.75. The second kappa shape index (κ2) is 3.73. The van der Waals surface area contributed by atoms with Gasteiger partial charge >= 0.3 is 0 Å². The van der Waals surface area contributed by atoms with Gasteiger partial charge in [-0.05, 0) is 24.1 Å². The molecule has 1 aliphatic rings. The third-order valence-electron chi connectivity index (χ3n) is 2.28. The number of sulfone groups is 1. The van der Waals surface area contributed by atoms with Gasteiger partial charge in [0.25, 0.3) is 0 Å². The van der Waals surface area contributed by atoms with Crippen molar-refractivity contribution in [2.45, 2.75) is 11.3 Å². The van der Waals surface area contributed by atoms with Gasteiger partial charge in [0.2, 0.25) is 9.84 Å². The molecule has 1 aliphatic heterocycles. The van der Waals surface area contributed by atoms with Crippen molar-refractivity contribution in [3.8, 4) is 0 Å². The van der Waals surface area contributed by atoms with Crippen LogP contribution in [0.5, 0.6) is 0 Å². The highest BCUT2D eigenvalue weighted by Gasteiger charge is 2.27. The highest BCUT2D eigenvalue weighted by molar-refractivity contribution is 9.10. The molecular weight excluding hydrogens is 280 g/mol. The maximum absolute atomic E-state index is 11.7. The quantitative estimate of drug-likeness (QED) is 0.905. The van der Waals surface area contributed by atoms with Crippen molar-refractivity contribution >= 4 is 31.3 Å². The molecule has 1 heterocycles. The van der Waals surface area contributed by atoms with Gasteiger partial charge in [-0.3, -0.25) is 0 Å². The number of hydrogen-bond acceptors (Lipinski definition) is 3. The maximum atomic E-state index is 11.7. The molecule has 80 valence electrons. The summed E-state index contributed by atoms with van der Waals surface area (Å²) in [6.45, 7) is -0.0534. The van der Waals surface area contributed by atoms with E-state index in [1.165, 1.54) is 5.41 Å². The Bertz CT molecular complexity index is 532. The van der Waals surface area contributed by atoms with Crippen molar-refractivity contribution in [2.24, 2.45) is 0 Å². The minimum Gasteiger partial charge on any atom is -0.396 e. The Labute approximate surface area is 96.5 Å². The zero-order valence-corrected chi connectivity index (χ0v) is 10.2. The van der Waals surface area contributed by atoms with Crippen LogP contribution in [0.3, 0.4) is 0 Å². The van der Waals surface area contributed by atoms with Crippen LogP contribution in [-0.2, 0) is 9.84 Å². The van der Waals surface area contributed by atoms with Crippen LogP contribution >= 0.6 is 15.9 Å². The van der Waals surface area contributed by atoms with Crippen LogP contribution in [0.25, 0.3) is 5.57 Å². The maximum Gasteiger partial charge on any atom is 0.200 e. The summed E-state index contributed by atoms with van der Waals surface area (Å²) in [6, 6.07) is 5.07. The van der Waals surface area contributed by atoms with Crippen molar-refractivity contribution < 1.29 is 13.5 Å². The van der Waals surface area contributed by atoms with E-state index < -0.39 is 9.84 Å². The molecule has 0 fully saturated rings. The lowest BCUT2D eigenvalue weighted by Gasteiger charge is -2.04. The molecule has 0 bridgehead atoms. The van der Waals surface area contributed by atoms with Gasteiger partial charge in [0, 0.05) is 22.1 Å². The van der Waals surface area contributed by atoms with Crippen LogP contribution in [0.4, 0.5) is 0 Å². The molecule has 15 heavy (non-hydrogen) atoms. The number of rotatable bonds is 2. The fourth-order valence-electron chi connectivity index (χ4n) is 1.67. The van der Waals surface area contributed by atoms with Gasteiger partial charge in [-0.2, -0.15) is 0 Å². The van der Waals surface area contributed by atoms with E-state index in [1.54, 1.807) is 18.2 Å². The van der Waals surface area contributed by atoms with Crippen LogP contribution in [0.1, 0.15) is 12.0 Å².